The molecular formula is C14H21ClN2O3. The summed E-state index contributed by atoms with van der Waals surface area (Å²) in [5, 5.41) is 5.50. The minimum Gasteiger partial charge on any atom is -0.467 e. The molecule has 112 valence electrons. The first-order chi connectivity index (χ1) is 9.67. The molecule has 1 aromatic heterocycles. The molecule has 1 rings (SSSR count). The number of hydrogen-bond acceptors (Lipinski definition) is 3. The van der Waals surface area contributed by atoms with Crippen LogP contribution >= 0.6 is 11.6 Å². The number of hydrogen-bond donors (Lipinski definition) is 2. The second kappa shape index (κ2) is 9.42. The second-order valence-corrected chi connectivity index (χ2v) is 4.88. The van der Waals surface area contributed by atoms with E-state index >= 15 is 0 Å². The van der Waals surface area contributed by atoms with E-state index in [9.17, 15) is 9.59 Å². The molecule has 1 atom stereocenters. The van der Waals surface area contributed by atoms with E-state index < -0.39 is 6.04 Å². The van der Waals surface area contributed by atoms with E-state index in [4.69, 9.17) is 16.0 Å². The van der Waals surface area contributed by atoms with Crippen LogP contribution in [0.4, 0.5) is 0 Å². The summed E-state index contributed by atoms with van der Waals surface area (Å²) in [6, 6.07) is 3.05. The van der Waals surface area contributed by atoms with Crippen molar-refractivity contribution in [3.8, 4) is 0 Å². The van der Waals surface area contributed by atoms with Gasteiger partial charge in [-0.15, -0.1) is 11.6 Å². The fourth-order valence-corrected chi connectivity index (χ4v) is 1.90. The molecule has 0 radical (unpaired) electrons. The Hall–Kier alpha value is -1.49. The third-order valence-corrected chi connectivity index (χ3v) is 3.05. The summed E-state index contributed by atoms with van der Waals surface area (Å²) in [7, 11) is 0. The Kier molecular flexibility index (Phi) is 7.80. The Morgan fingerprint density at radius 1 is 1.45 bits per heavy atom. The van der Waals surface area contributed by atoms with Gasteiger partial charge < -0.3 is 15.1 Å². The highest BCUT2D eigenvalue weighted by Gasteiger charge is 2.19. The fraction of sp³-hybridized carbons (Fsp3) is 0.571. The third kappa shape index (κ3) is 6.10. The van der Waals surface area contributed by atoms with E-state index in [0.29, 0.717) is 37.4 Å². The Morgan fingerprint density at radius 3 is 2.85 bits per heavy atom. The van der Waals surface area contributed by atoms with Gasteiger partial charge in [0.2, 0.25) is 11.8 Å². The maximum Gasteiger partial charge on any atom is 0.242 e. The molecule has 0 saturated carbocycles. The normalized spacial score (nSPS) is 11.9. The monoisotopic (exact) mass is 300 g/mol. The molecule has 0 bridgehead atoms. The molecule has 0 aliphatic heterocycles. The van der Waals surface area contributed by atoms with Crippen molar-refractivity contribution in [2.75, 3.05) is 5.88 Å². The first-order valence-electron chi connectivity index (χ1n) is 6.82. The van der Waals surface area contributed by atoms with Crippen LogP contribution in [0.1, 0.15) is 38.4 Å². The summed E-state index contributed by atoms with van der Waals surface area (Å²) in [6.45, 7) is 2.29. The van der Waals surface area contributed by atoms with E-state index in [1.807, 2.05) is 6.92 Å². The van der Waals surface area contributed by atoms with Crippen molar-refractivity contribution < 1.29 is 14.0 Å². The molecule has 0 fully saturated rings. The maximum atomic E-state index is 12.0. The number of rotatable bonds is 9. The molecule has 20 heavy (non-hydrogen) atoms. The Bertz CT molecular complexity index is 407. The quantitative estimate of drug-likeness (QED) is 0.687. The molecular weight excluding hydrogens is 280 g/mol. The van der Waals surface area contributed by atoms with Crippen LogP contribution in [0.15, 0.2) is 22.8 Å². The second-order valence-electron chi connectivity index (χ2n) is 4.50. The summed E-state index contributed by atoms with van der Waals surface area (Å²) in [5.74, 6) is 0.790. The highest BCUT2D eigenvalue weighted by Crippen LogP contribution is 2.02. The fourth-order valence-electron chi connectivity index (χ4n) is 1.76. The van der Waals surface area contributed by atoms with Gasteiger partial charge in [0.1, 0.15) is 11.8 Å². The molecule has 6 heteroatoms. The number of carbonyl (C=O) groups is 2. The van der Waals surface area contributed by atoms with E-state index in [2.05, 4.69) is 10.6 Å². The summed E-state index contributed by atoms with van der Waals surface area (Å²) < 4.78 is 5.14. The van der Waals surface area contributed by atoms with Gasteiger partial charge in [0.05, 0.1) is 12.8 Å². The van der Waals surface area contributed by atoms with Gasteiger partial charge >= 0.3 is 0 Å². The largest absolute Gasteiger partial charge is 0.467 e. The van der Waals surface area contributed by atoms with E-state index in [1.165, 1.54) is 0 Å². The minimum absolute atomic E-state index is 0.141. The predicted octanol–water partition coefficient (Wildman–Crippen LogP) is 2.20. The Morgan fingerprint density at radius 2 is 2.25 bits per heavy atom. The number of carbonyl (C=O) groups excluding carboxylic acids is 2. The van der Waals surface area contributed by atoms with Crippen LogP contribution in [0.5, 0.6) is 0 Å². The van der Waals surface area contributed by atoms with Crippen LogP contribution in [-0.4, -0.2) is 23.7 Å². The average Bonchev–Trinajstić information content (AvgIpc) is 2.95. The van der Waals surface area contributed by atoms with Gasteiger partial charge in [-0.1, -0.05) is 13.3 Å². The number of amides is 2. The van der Waals surface area contributed by atoms with E-state index in [-0.39, 0.29) is 11.8 Å². The van der Waals surface area contributed by atoms with E-state index in [1.54, 1.807) is 18.4 Å². The lowest BCUT2D eigenvalue weighted by Crippen LogP contribution is -2.46. The Labute approximate surface area is 124 Å². The number of halogens is 1. The highest BCUT2D eigenvalue weighted by atomic mass is 35.5. The average molecular weight is 301 g/mol. The van der Waals surface area contributed by atoms with Crippen molar-refractivity contribution in [2.45, 2.75) is 45.2 Å². The Balaban J connectivity index is 2.42. The molecule has 1 aromatic rings. The van der Waals surface area contributed by atoms with Crippen molar-refractivity contribution in [3.05, 3.63) is 24.2 Å². The summed E-state index contributed by atoms with van der Waals surface area (Å²) in [6.07, 6.45) is 3.93. The zero-order chi connectivity index (χ0) is 14.8. The molecule has 0 aliphatic rings. The van der Waals surface area contributed by atoms with Gasteiger partial charge in [-0.05, 0) is 25.0 Å². The van der Waals surface area contributed by atoms with Crippen LogP contribution < -0.4 is 10.6 Å². The maximum absolute atomic E-state index is 12.0. The molecule has 5 nitrogen and oxygen atoms in total. The molecule has 0 saturated heterocycles. The van der Waals surface area contributed by atoms with Crippen molar-refractivity contribution >= 4 is 23.4 Å². The lowest BCUT2D eigenvalue weighted by atomic mass is 10.1. The smallest absolute Gasteiger partial charge is 0.242 e. The van der Waals surface area contributed by atoms with Crippen molar-refractivity contribution in [2.24, 2.45) is 0 Å². The molecule has 0 spiro atoms. The molecule has 2 amide bonds. The zero-order valence-electron chi connectivity index (χ0n) is 11.7. The van der Waals surface area contributed by atoms with Gasteiger partial charge in [0.25, 0.3) is 0 Å². The molecule has 0 aromatic carbocycles. The summed E-state index contributed by atoms with van der Waals surface area (Å²) in [5.41, 5.74) is 0. The lowest BCUT2D eigenvalue weighted by molar-refractivity contribution is -0.129. The summed E-state index contributed by atoms with van der Waals surface area (Å²) >= 11 is 5.54. The third-order valence-electron chi connectivity index (χ3n) is 2.78. The van der Waals surface area contributed by atoms with Crippen molar-refractivity contribution in [3.63, 3.8) is 0 Å². The van der Waals surface area contributed by atoms with Gasteiger partial charge in [-0.3, -0.25) is 9.59 Å². The van der Waals surface area contributed by atoms with Gasteiger partial charge in [0, 0.05) is 12.3 Å². The van der Waals surface area contributed by atoms with Crippen LogP contribution in [0.25, 0.3) is 0 Å². The lowest BCUT2D eigenvalue weighted by Gasteiger charge is -2.17. The highest BCUT2D eigenvalue weighted by molar-refractivity contribution is 6.17. The van der Waals surface area contributed by atoms with Gasteiger partial charge in [-0.2, -0.15) is 0 Å². The number of alkyl halides is 1. The molecule has 1 unspecified atom stereocenters. The molecule has 2 N–H and O–H groups in total. The van der Waals surface area contributed by atoms with Gasteiger partial charge in [0.15, 0.2) is 0 Å². The van der Waals surface area contributed by atoms with Crippen LogP contribution in [-0.2, 0) is 16.1 Å². The van der Waals surface area contributed by atoms with Gasteiger partial charge in [-0.25, -0.2) is 0 Å². The first kappa shape index (κ1) is 16.6. The van der Waals surface area contributed by atoms with Crippen LogP contribution in [0.3, 0.4) is 0 Å². The molecule has 0 aliphatic carbocycles. The SMILES string of the molecule is CCCC(NC(=O)CCCCl)C(=O)NCc1ccco1. The number of nitrogens with one attached hydrogen (secondary N) is 2. The zero-order valence-corrected chi connectivity index (χ0v) is 12.4. The predicted molar refractivity (Wildman–Crippen MR) is 77.3 cm³/mol. The summed E-state index contributed by atoms with van der Waals surface area (Å²) in [4.78, 5) is 23.7. The van der Waals surface area contributed by atoms with Crippen molar-refractivity contribution in [1.29, 1.82) is 0 Å². The van der Waals surface area contributed by atoms with Crippen LogP contribution in [0, 0.1) is 0 Å². The van der Waals surface area contributed by atoms with E-state index in [0.717, 1.165) is 6.42 Å². The first-order valence-corrected chi connectivity index (χ1v) is 7.36. The topological polar surface area (TPSA) is 71.3 Å². The standard InChI is InChI=1S/C14H21ClN2O3/c1-2-5-12(17-13(18)7-3-8-15)14(19)16-10-11-6-4-9-20-11/h4,6,9,12H,2-3,5,7-8,10H2,1H3,(H,16,19)(H,17,18). The van der Waals surface area contributed by atoms with Crippen LogP contribution in [0.2, 0.25) is 0 Å². The number of furan rings is 1. The molecule has 1 heterocycles. The van der Waals surface area contributed by atoms with Crippen molar-refractivity contribution in [1.82, 2.24) is 10.6 Å². The minimum atomic E-state index is -0.502.